The number of nitrogens with one attached hydrogen (secondary N) is 1. The Morgan fingerprint density at radius 3 is 2.20 bits per heavy atom. The van der Waals surface area contributed by atoms with Crippen molar-refractivity contribution in [1.82, 2.24) is 5.01 Å². The Morgan fingerprint density at radius 1 is 0.778 bits per heavy atom. The number of aryl methyl sites for hydroxylation is 1. The number of nitrogens with zero attached hydrogens (tertiary/aromatic N) is 2. The van der Waals surface area contributed by atoms with E-state index in [0.717, 1.165) is 21.5 Å². The number of Topliss-reactive ketones (excluding diaryl/α,β-unsaturated/α-hetero) is 1. The quantitative estimate of drug-likeness (QED) is 0.108. The van der Waals surface area contributed by atoms with Crippen LogP contribution in [0.5, 0.6) is 5.75 Å². The van der Waals surface area contributed by atoms with Gasteiger partial charge in [-0.05, 0) is 80.0 Å². The van der Waals surface area contributed by atoms with Crippen LogP contribution in [-0.2, 0) is 24.6 Å². The van der Waals surface area contributed by atoms with E-state index >= 15 is 4.79 Å². The summed E-state index contributed by atoms with van der Waals surface area (Å²) in [7, 11) is 0. The lowest BCUT2D eigenvalue weighted by Crippen LogP contribution is -2.53. The zero-order valence-electron chi connectivity index (χ0n) is 29.7. The van der Waals surface area contributed by atoms with Crippen molar-refractivity contribution in [2.45, 2.75) is 38.0 Å². The highest BCUT2D eigenvalue weighted by molar-refractivity contribution is 6.23. The molecule has 6 unspecified atom stereocenters. The molecule has 2 N–H and O–H groups in total. The topological polar surface area (TPSA) is 124 Å². The highest BCUT2D eigenvalue weighted by Gasteiger charge is 2.70. The van der Waals surface area contributed by atoms with Gasteiger partial charge in [0.25, 0.3) is 11.8 Å². The van der Waals surface area contributed by atoms with Gasteiger partial charge >= 0.3 is 0 Å². The normalized spacial score (nSPS) is 26.0. The fraction of sp³-hybridized carbons (Fsp3) is 0.222. The molecule has 4 amide bonds. The van der Waals surface area contributed by atoms with Crippen LogP contribution in [0.4, 0.5) is 11.4 Å². The summed E-state index contributed by atoms with van der Waals surface area (Å²) in [5, 5.41) is 14.7. The number of carbonyl (C=O) groups excluding carboxylic acids is 5. The van der Waals surface area contributed by atoms with Gasteiger partial charge < -0.3 is 5.11 Å². The van der Waals surface area contributed by atoms with E-state index in [0.29, 0.717) is 33.5 Å². The molecule has 3 fully saturated rings. The lowest BCUT2D eigenvalue weighted by Gasteiger charge is -2.50. The predicted octanol–water partition coefficient (Wildman–Crippen LogP) is 7.25. The first-order valence-electron chi connectivity index (χ1n) is 18.3. The molecule has 54 heavy (non-hydrogen) atoms. The van der Waals surface area contributed by atoms with Crippen molar-refractivity contribution in [1.29, 1.82) is 0 Å². The average Bonchev–Trinajstić information content (AvgIpc) is 3.57. The highest BCUT2D eigenvalue weighted by atomic mass is 16.3. The molecule has 2 heterocycles. The number of ketones is 1. The molecule has 2 aliphatic carbocycles. The summed E-state index contributed by atoms with van der Waals surface area (Å²) < 4.78 is 0. The second kappa shape index (κ2) is 12.4. The maximum absolute atomic E-state index is 15.4. The highest BCUT2D eigenvalue weighted by Crippen LogP contribution is 2.65. The number of phenols is 1. The van der Waals surface area contributed by atoms with Gasteiger partial charge in [0.05, 0.1) is 34.5 Å². The number of aromatic hydroxyl groups is 1. The zero-order valence-corrected chi connectivity index (χ0v) is 29.7. The smallest absolute Gasteiger partial charge is 0.260 e. The molecule has 9 rings (SSSR count). The molecular weight excluding hydrogens is 679 g/mol. The Labute approximate surface area is 311 Å². The van der Waals surface area contributed by atoms with Crippen molar-refractivity contribution >= 4 is 51.6 Å². The number of hydrazine groups is 1. The fourth-order valence-electron chi connectivity index (χ4n) is 9.70. The summed E-state index contributed by atoms with van der Waals surface area (Å²) in [5.74, 6) is -5.61. The molecule has 6 atom stereocenters. The number of imide groups is 2. The molecule has 0 spiro atoms. The number of allylic oxidation sites excluding steroid dienone is 2. The van der Waals surface area contributed by atoms with Gasteiger partial charge in [0.1, 0.15) is 5.75 Å². The van der Waals surface area contributed by atoms with Crippen molar-refractivity contribution in [2.24, 2.45) is 23.7 Å². The van der Waals surface area contributed by atoms with E-state index in [1.807, 2.05) is 104 Å². The molecule has 2 aliphatic heterocycles. The molecule has 9 nitrogen and oxygen atoms in total. The summed E-state index contributed by atoms with van der Waals surface area (Å²) in [5.41, 5.74) is 5.91. The third kappa shape index (κ3) is 4.73. The van der Waals surface area contributed by atoms with E-state index in [-0.39, 0.29) is 36.2 Å². The molecule has 4 aliphatic rings. The van der Waals surface area contributed by atoms with Crippen LogP contribution in [0.25, 0.3) is 10.8 Å². The van der Waals surface area contributed by atoms with Crippen LogP contribution in [0.3, 0.4) is 0 Å². The molecule has 268 valence electrons. The maximum Gasteiger partial charge on any atom is 0.260 e. The lowest BCUT2D eigenvalue weighted by molar-refractivity contribution is -0.138. The van der Waals surface area contributed by atoms with Crippen molar-refractivity contribution in [3.8, 4) is 5.75 Å². The van der Waals surface area contributed by atoms with Gasteiger partial charge in [-0.1, -0.05) is 96.1 Å². The van der Waals surface area contributed by atoms with E-state index in [2.05, 4.69) is 5.43 Å². The van der Waals surface area contributed by atoms with Crippen LogP contribution in [0.1, 0.15) is 52.7 Å². The van der Waals surface area contributed by atoms with Crippen LogP contribution in [-0.4, -0.2) is 39.5 Å². The second-order valence-corrected chi connectivity index (χ2v) is 14.9. The van der Waals surface area contributed by atoms with E-state index in [1.54, 1.807) is 24.3 Å². The Bertz CT molecular complexity index is 2440. The first-order chi connectivity index (χ1) is 26.1. The van der Waals surface area contributed by atoms with E-state index < -0.39 is 46.8 Å². The summed E-state index contributed by atoms with van der Waals surface area (Å²) in [4.78, 5) is 72.3. The van der Waals surface area contributed by atoms with Gasteiger partial charge in [-0.3, -0.25) is 34.3 Å². The van der Waals surface area contributed by atoms with E-state index in [9.17, 15) is 24.3 Å². The minimum atomic E-state index is -1.50. The zero-order chi connectivity index (χ0) is 37.5. The second-order valence-electron chi connectivity index (χ2n) is 14.9. The summed E-state index contributed by atoms with van der Waals surface area (Å²) in [6.07, 6.45) is 2.36. The predicted molar refractivity (Wildman–Crippen MR) is 203 cm³/mol. The standard InChI is InChI=1S/C45H37N3O6/c1-25-12-17-30(18-13-25)46-48-42(52)37-24-36-33(22-23-34-38(36)43(53)47(41(34)51)31-19-14-27(15-20-31)26(2)49)39(45(37,44(48)54)29-9-4-3-5-10-29)35-21-16-28-8-6-7-11-32(28)40(35)50/h3-22,34,36-39,46,50H,23-24H2,1-2H3. The van der Waals surface area contributed by atoms with Crippen LogP contribution in [0, 0.1) is 30.6 Å². The largest absolute Gasteiger partial charge is 0.507 e. The molecule has 1 saturated carbocycles. The maximum atomic E-state index is 15.4. The van der Waals surface area contributed by atoms with Crippen LogP contribution >= 0.6 is 0 Å². The Balaban J connectivity index is 1.24. The first kappa shape index (κ1) is 33.5. The van der Waals surface area contributed by atoms with E-state index in [1.165, 1.54) is 11.8 Å². The lowest BCUT2D eigenvalue weighted by atomic mass is 9.49. The molecule has 9 heteroatoms. The monoisotopic (exact) mass is 715 g/mol. The number of hydrogen-bond donors (Lipinski definition) is 2. The van der Waals surface area contributed by atoms with Gasteiger partial charge in [-0.25, -0.2) is 0 Å². The number of hydrogen-bond acceptors (Lipinski definition) is 7. The summed E-state index contributed by atoms with van der Waals surface area (Å²) >= 11 is 0. The molecule has 0 bridgehead atoms. The fourth-order valence-corrected chi connectivity index (χ4v) is 9.70. The first-order valence-corrected chi connectivity index (χ1v) is 18.3. The van der Waals surface area contributed by atoms with Gasteiger partial charge in [0.2, 0.25) is 11.8 Å². The minimum absolute atomic E-state index is 0.00188. The van der Waals surface area contributed by atoms with Gasteiger partial charge in [-0.15, -0.1) is 0 Å². The molecule has 0 radical (unpaired) electrons. The van der Waals surface area contributed by atoms with Crippen molar-refractivity contribution in [2.75, 3.05) is 10.3 Å². The number of rotatable bonds is 6. The molecule has 5 aromatic rings. The van der Waals surface area contributed by atoms with Crippen LogP contribution in [0.2, 0.25) is 0 Å². The minimum Gasteiger partial charge on any atom is -0.507 e. The van der Waals surface area contributed by atoms with Gasteiger partial charge in [0, 0.05) is 22.4 Å². The Morgan fingerprint density at radius 2 is 1.48 bits per heavy atom. The SMILES string of the molecule is CC(=O)c1ccc(N2C(=O)C3CC=C4C(CC5C(=O)N(Nc6ccc(C)cc6)C(=O)C5(c5ccccc5)C4c4ccc5ccccc5c4O)C3C2=O)cc1. The summed E-state index contributed by atoms with van der Waals surface area (Å²) in [6.45, 7) is 3.41. The van der Waals surface area contributed by atoms with Crippen molar-refractivity contribution in [3.05, 3.63) is 149 Å². The third-order valence-corrected chi connectivity index (χ3v) is 12.2. The van der Waals surface area contributed by atoms with Crippen LogP contribution in [0.15, 0.2) is 127 Å². The molecule has 5 aromatic carbocycles. The number of benzene rings is 5. The Kier molecular flexibility index (Phi) is 7.67. The third-order valence-electron chi connectivity index (χ3n) is 12.2. The van der Waals surface area contributed by atoms with E-state index in [4.69, 9.17) is 0 Å². The molecule has 2 saturated heterocycles. The number of carbonyl (C=O) groups is 5. The average molecular weight is 716 g/mol. The number of amides is 4. The van der Waals surface area contributed by atoms with Gasteiger partial charge in [0.15, 0.2) is 5.78 Å². The van der Waals surface area contributed by atoms with Crippen LogP contribution < -0.4 is 10.3 Å². The number of anilines is 2. The molecule has 0 aromatic heterocycles. The number of phenolic OH excluding ortho intramolecular Hbond substituents is 1. The van der Waals surface area contributed by atoms with Crippen molar-refractivity contribution in [3.63, 3.8) is 0 Å². The summed E-state index contributed by atoms with van der Waals surface area (Å²) in [6, 6.07) is 34.3. The Hall–Kier alpha value is -6.35. The molecular formula is C45H37N3O6. The van der Waals surface area contributed by atoms with Crippen molar-refractivity contribution < 1.29 is 29.1 Å². The van der Waals surface area contributed by atoms with Gasteiger partial charge in [-0.2, -0.15) is 5.01 Å². The number of fused-ring (bicyclic) bond motifs is 5.